The average Bonchev–Trinajstić information content (AvgIpc) is 2.91. The van der Waals surface area contributed by atoms with Crippen LogP contribution in [0.1, 0.15) is 24.2 Å². The molecule has 0 saturated carbocycles. The molecule has 0 spiro atoms. The summed E-state index contributed by atoms with van der Waals surface area (Å²) in [7, 11) is -3.66. The molecule has 1 N–H and O–H groups in total. The minimum atomic E-state index is -3.66. The molecule has 0 unspecified atom stereocenters. The summed E-state index contributed by atoms with van der Waals surface area (Å²) in [5.74, 6) is 0.466. The third-order valence-electron chi connectivity index (χ3n) is 5.66. The van der Waals surface area contributed by atoms with Crippen LogP contribution in [0.2, 0.25) is 0 Å². The van der Waals surface area contributed by atoms with Crippen LogP contribution in [-0.4, -0.2) is 56.3 Å². The first-order valence-electron chi connectivity index (χ1n) is 10.2. The van der Waals surface area contributed by atoms with Gasteiger partial charge in [0.25, 0.3) is 0 Å². The minimum absolute atomic E-state index is 0.0206. The number of carbonyl (C=O) groups excluding carboxylic acids is 2. The number of thioether (sulfide) groups is 1. The summed E-state index contributed by atoms with van der Waals surface area (Å²) < 4.78 is 27.9. The maximum Gasteiger partial charge on any atom is 0.243 e. The van der Waals surface area contributed by atoms with E-state index in [0.29, 0.717) is 43.2 Å². The fourth-order valence-corrected chi connectivity index (χ4v) is 6.14. The Balaban J connectivity index is 1.47. The van der Waals surface area contributed by atoms with E-state index in [1.54, 1.807) is 42.1 Å². The molecule has 1 saturated heterocycles. The fourth-order valence-electron chi connectivity index (χ4n) is 3.68. The number of rotatable bonds is 4. The highest BCUT2D eigenvalue weighted by molar-refractivity contribution is 7.99. The lowest BCUT2D eigenvalue weighted by Crippen LogP contribution is -2.48. The summed E-state index contributed by atoms with van der Waals surface area (Å²) in [4.78, 5) is 26.8. The second-order valence-corrected chi connectivity index (χ2v) is 10.9. The van der Waals surface area contributed by atoms with Gasteiger partial charge in [-0.05, 0) is 49.4 Å². The Kier molecular flexibility index (Phi) is 6.09. The van der Waals surface area contributed by atoms with Crippen molar-refractivity contribution in [2.45, 2.75) is 23.6 Å². The van der Waals surface area contributed by atoms with Gasteiger partial charge in [-0.2, -0.15) is 4.31 Å². The number of carbonyl (C=O) groups is 2. The molecule has 1 fully saturated rings. The first-order valence-corrected chi connectivity index (χ1v) is 12.6. The van der Waals surface area contributed by atoms with Crippen molar-refractivity contribution in [2.24, 2.45) is 5.92 Å². The number of piperazine rings is 1. The number of ketones is 1. The second-order valence-electron chi connectivity index (χ2n) is 7.85. The van der Waals surface area contributed by atoms with Crippen molar-refractivity contribution in [2.75, 3.05) is 42.1 Å². The van der Waals surface area contributed by atoms with E-state index in [0.717, 1.165) is 10.6 Å². The van der Waals surface area contributed by atoms with Crippen molar-refractivity contribution in [1.29, 1.82) is 0 Å². The van der Waals surface area contributed by atoms with Crippen LogP contribution in [0.3, 0.4) is 0 Å². The number of nitrogens with zero attached hydrogens (tertiary/aromatic N) is 2. The van der Waals surface area contributed by atoms with Crippen LogP contribution in [-0.2, 0) is 14.8 Å². The van der Waals surface area contributed by atoms with Crippen LogP contribution in [0.15, 0.2) is 52.3 Å². The van der Waals surface area contributed by atoms with E-state index in [4.69, 9.17) is 0 Å². The number of amides is 1. The SMILES string of the molecule is CC(=O)c1ccc(N2CCN(S(=O)(=O)c3ccc4c(c3)NC(=O)[C@H](C)CS4)CC2)cc1. The fraction of sp³-hybridized carbons (Fsp3) is 0.364. The smallest absolute Gasteiger partial charge is 0.243 e. The standard InChI is InChI=1S/C22H25N3O4S2/c1-15-14-30-21-8-7-19(13-20(21)23-22(15)27)31(28,29)25-11-9-24(10-12-25)18-5-3-17(4-6-18)16(2)26/h3-8,13,15H,9-12,14H2,1-2H3,(H,23,27)/t15-/m1/s1. The van der Waals surface area contributed by atoms with Gasteiger partial charge < -0.3 is 10.2 Å². The average molecular weight is 460 g/mol. The molecule has 2 aromatic rings. The Morgan fingerprint density at radius 2 is 1.74 bits per heavy atom. The zero-order valence-corrected chi connectivity index (χ0v) is 19.1. The largest absolute Gasteiger partial charge is 0.369 e. The van der Waals surface area contributed by atoms with Gasteiger partial charge in [0.15, 0.2) is 5.78 Å². The maximum absolute atomic E-state index is 13.2. The van der Waals surface area contributed by atoms with Gasteiger partial charge in [-0.25, -0.2) is 8.42 Å². The summed E-state index contributed by atoms with van der Waals surface area (Å²) in [6, 6.07) is 12.4. The Bertz CT molecular complexity index is 1110. The number of fused-ring (bicyclic) bond motifs is 1. The summed E-state index contributed by atoms with van der Waals surface area (Å²) in [5, 5.41) is 2.85. The van der Waals surface area contributed by atoms with E-state index in [1.165, 1.54) is 11.2 Å². The Hall–Kier alpha value is -2.36. The molecule has 9 heteroatoms. The number of hydrogen-bond acceptors (Lipinski definition) is 6. The molecule has 1 atom stereocenters. The quantitative estimate of drug-likeness (QED) is 0.707. The van der Waals surface area contributed by atoms with Crippen molar-refractivity contribution in [1.82, 2.24) is 4.31 Å². The highest BCUT2D eigenvalue weighted by atomic mass is 32.2. The molecule has 0 aliphatic carbocycles. The van der Waals surface area contributed by atoms with Crippen molar-refractivity contribution in [3.05, 3.63) is 48.0 Å². The van der Waals surface area contributed by atoms with Crippen LogP contribution in [0.25, 0.3) is 0 Å². The van der Waals surface area contributed by atoms with Crippen LogP contribution in [0, 0.1) is 5.92 Å². The Labute approximate surface area is 186 Å². The molecule has 0 radical (unpaired) electrons. The van der Waals surface area contributed by atoms with Gasteiger partial charge in [0.1, 0.15) is 0 Å². The van der Waals surface area contributed by atoms with Crippen molar-refractivity contribution < 1.29 is 18.0 Å². The predicted octanol–water partition coefficient (Wildman–Crippen LogP) is 3.08. The van der Waals surface area contributed by atoms with Crippen molar-refractivity contribution >= 4 is 44.9 Å². The molecule has 0 aromatic heterocycles. The lowest BCUT2D eigenvalue weighted by molar-refractivity contribution is -0.118. The normalized spacial score (nSPS) is 20.0. The van der Waals surface area contributed by atoms with Crippen LogP contribution < -0.4 is 10.2 Å². The van der Waals surface area contributed by atoms with Gasteiger partial charge in [0.2, 0.25) is 15.9 Å². The molecule has 0 bridgehead atoms. The van der Waals surface area contributed by atoms with E-state index in [2.05, 4.69) is 10.2 Å². The van der Waals surface area contributed by atoms with E-state index in [-0.39, 0.29) is 22.5 Å². The summed E-state index contributed by atoms with van der Waals surface area (Å²) in [5.41, 5.74) is 2.19. The third-order valence-corrected chi connectivity index (χ3v) is 8.89. The topological polar surface area (TPSA) is 86.8 Å². The zero-order valence-electron chi connectivity index (χ0n) is 17.5. The summed E-state index contributed by atoms with van der Waals surface area (Å²) in [6.07, 6.45) is 0. The first kappa shape index (κ1) is 21.9. The lowest BCUT2D eigenvalue weighted by atomic mass is 10.1. The molecule has 164 valence electrons. The number of benzene rings is 2. The van der Waals surface area contributed by atoms with E-state index < -0.39 is 10.0 Å². The monoisotopic (exact) mass is 459 g/mol. The highest BCUT2D eigenvalue weighted by Gasteiger charge is 2.30. The Morgan fingerprint density at radius 1 is 1.06 bits per heavy atom. The van der Waals surface area contributed by atoms with Gasteiger partial charge in [-0.15, -0.1) is 11.8 Å². The molecular weight excluding hydrogens is 434 g/mol. The number of nitrogens with one attached hydrogen (secondary N) is 1. The van der Waals surface area contributed by atoms with Crippen LogP contribution >= 0.6 is 11.8 Å². The van der Waals surface area contributed by atoms with E-state index in [1.807, 2.05) is 19.1 Å². The van der Waals surface area contributed by atoms with Crippen LogP contribution in [0.4, 0.5) is 11.4 Å². The van der Waals surface area contributed by atoms with Gasteiger partial charge in [0, 0.05) is 54.0 Å². The molecular formula is C22H25N3O4S2. The molecule has 2 aliphatic rings. The Morgan fingerprint density at radius 3 is 2.39 bits per heavy atom. The van der Waals surface area contributed by atoms with Crippen molar-refractivity contribution in [3.8, 4) is 0 Å². The van der Waals surface area contributed by atoms with Gasteiger partial charge >= 0.3 is 0 Å². The second kappa shape index (κ2) is 8.64. The summed E-state index contributed by atoms with van der Waals surface area (Å²) in [6.45, 7) is 5.25. The number of sulfonamides is 1. The number of hydrogen-bond donors (Lipinski definition) is 1. The van der Waals surface area contributed by atoms with E-state index >= 15 is 0 Å². The van der Waals surface area contributed by atoms with Gasteiger partial charge in [0.05, 0.1) is 10.6 Å². The predicted molar refractivity (Wildman–Crippen MR) is 122 cm³/mol. The molecule has 31 heavy (non-hydrogen) atoms. The maximum atomic E-state index is 13.2. The van der Waals surface area contributed by atoms with E-state index in [9.17, 15) is 18.0 Å². The van der Waals surface area contributed by atoms with Gasteiger partial charge in [-0.1, -0.05) is 6.92 Å². The molecule has 1 amide bonds. The first-order chi connectivity index (χ1) is 14.8. The molecule has 4 rings (SSSR count). The lowest BCUT2D eigenvalue weighted by Gasteiger charge is -2.35. The highest BCUT2D eigenvalue weighted by Crippen LogP contribution is 2.35. The minimum Gasteiger partial charge on any atom is -0.369 e. The molecule has 2 aromatic carbocycles. The van der Waals surface area contributed by atoms with Crippen LogP contribution in [0.5, 0.6) is 0 Å². The number of anilines is 2. The third kappa shape index (κ3) is 4.49. The van der Waals surface area contributed by atoms with Gasteiger partial charge in [-0.3, -0.25) is 9.59 Å². The zero-order chi connectivity index (χ0) is 22.2. The molecule has 2 heterocycles. The molecule has 7 nitrogen and oxygen atoms in total. The van der Waals surface area contributed by atoms with Crippen molar-refractivity contribution in [3.63, 3.8) is 0 Å². The number of Topliss-reactive ketones (excluding diaryl/α,β-unsaturated/α-hetero) is 1. The summed E-state index contributed by atoms with van der Waals surface area (Å²) >= 11 is 1.56. The molecule has 2 aliphatic heterocycles.